The van der Waals surface area contributed by atoms with E-state index in [0.29, 0.717) is 6.42 Å². The van der Waals surface area contributed by atoms with Crippen LogP contribution in [-0.4, -0.2) is 16.2 Å². The van der Waals surface area contributed by atoms with Crippen molar-refractivity contribution in [2.75, 3.05) is 0 Å². The van der Waals surface area contributed by atoms with E-state index in [0.717, 1.165) is 12.8 Å². The lowest BCUT2D eigenvalue weighted by Gasteiger charge is -2.09. The summed E-state index contributed by atoms with van der Waals surface area (Å²) in [7, 11) is 0. The molecule has 1 unspecified atom stereocenters. The van der Waals surface area contributed by atoms with Gasteiger partial charge in [0.05, 0.1) is 5.92 Å². The van der Waals surface area contributed by atoms with Gasteiger partial charge in [0.25, 0.3) is 0 Å². The van der Waals surface area contributed by atoms with Gasteiger partial charge in [-0.15, -0.1) is 12.6 Å². The summed E-state index contributed by atoms with van der Waals surface area (Å²) < 4.78 is 0. The third kappa shape index (κ3) is 18.3. The van der Waals surface area contributed by atoms with Crippen LogP contribution in [0.4, 0.5) is 0 Å². The maximum Gasteiger partial charge on any atom is 0.306 e. The quantitative estimate of drug-likeness (QED) is 0.172. The number of thiol groups is 1. The number of carbonyl (C=O) groups excluding carboxylic acids is 1. The van der Waals surface area contributed by atoms with Crippen LogP contribution in [0.2, 0.25) is 0 Å². The molecule has 0 saturated heterocycles. The smallest absolute Gasteiger partial charge is 0.306 e. The first kappa shape index (κ1) is 25.5. The lowest BCUT2D eigenvalue weighted by Crippen LogP contribution is -2.16. The lowest BCUT2D eigenvalue weighted by atomic mass is 9.97. The van der Waals surface area contributed by atoms with Crippen molar-refractivity contribution in [2.45, 2.75) is 122 Å². The van der Waals surface area contributed by atoms with Gasteiger partial charge < -0.3 is 5.11 Å². The summed E-state index contributed by atoms with van der Waals surface area (Å²) in [6, 6.07) is 0. The number of rotatable bonds is 20. The molecule has 0 aliphatic rings. The Balaban J connectivity index is 3.26. The minimum Gasteiger partial charge on any atom is -0.481 e. The van der Waals surface area contributed by atoms with Gasteiger partial charge in [0.2, 0.25) is 0 Å². The molecule has 0 spiro atoms. The first-order valence-corrected chi connectivity index (χ1v) is 11.5. The molecule has 0 saturated carbocycles. The molecule has 0 heterocycles. The van der Waals surface area contributed by atoms with Gasteiger partial charge in [-0.05, 0) is 6.42 Å². The van der Waals surface area contributed by atoms with Gasteiger partial charge in [-0.2, -0.15) is 0 Å². The van der Waals surface area contributed by atoms with Crippen LogP contribution in [0.3, 0.4) is 0 Å². The molecule has 1 N–H and O–H groups in total. The minimum atomic E-state index is -0.867. The van der Waals surface area contributed by atoms with Gasteiger partial charge in [-0.25, -0.2) is 0 Å². The molecule has 0 aliphatic heterocycles. The van der Waals surface area contributed by atoms with Gasteiger partial charge in [0.15, 0.2) is 5.12 Å². The highest BCUT2D eigenvalue weighted by Crippen LogP contribution is 2.18. The molecule has 0 aromatic carbocycles. The third-order valence-corrected chi connectivity index (χ3v) is 5.36. The largest absolute Gasteiger partial charge is 0.481 e. The maximum absolute atomic E-state index is 11.0. The number of aliphatic carboxylic acids is 1. The summed E-state index contributed by atoms with van der Waals surface area (Å²) in [6.07, 6.45) is 21.6. The van der Waals surface area contributed by atoms with Crippen molar-refractivity contribution >= 4 is 23.7 Å². The molecule has 0 amide bonds. The molecular formula is C22H42O3S. The molecule has 0 radical (unpaired) electrons. The van der Waals surface area contributed by atoms with Crippen LogP contribution in [-0.2, 0) is 9.59 Å². The Morgan fingerprint density at radius 2 is 1.04 bits per heavy atom. The Kier molecular flexibility index (Phi) is 18.9. The number of hydrogen-bond donors (Lipinski definition) is 2. The van der Waals surface area contributed by atoms with E-state index < -0.39 is 11.9 Å². The van der Waals surface area contributed by atoms with E-state index in [2.05, 4.69) is 19.6 Å². The maximum atomic E-state index is 11.0. The van der Waals surface area contributed by atoms with E-state index in [1.807, 2.05) is 0 Å². The standard InChI is InChI=1S/C22H42O3S/c1-2-3-4-5-6-7-8-9-10-11-12-13-14-15-16-17-18-20(22(24)25)19-21(23)26/h20H,2-19H2,1H3,(H,23,26)(H,24,25). The zero-order chi connectivity index (χ0) is 19.5. The molecule has 3 nitrogen and oxygen atoms in total. The normalized spacial score (nSPS) is 12.2. The molecule has 26 heavy (non-hydrogen) atoms. The van der Waals surface area contributed by atoms with Gasteiger partial charge >= 0.3 is 5.97 Å². The van der Waals surface area contributed by atoms with E-state index in [1.54, 1.807) is 0 Å². The molecule has 0 aromatic heterocycles. The molecule has 0 aliphatic carbocycles. The minimum absolute atomic E-state index is 0.0528. The highest BCUT2D eigenvalue weighted by Gasteiger charge is 2.18. The van der Waals surface area contributed by atoms with Crippen molar-refractivity contribution in [2.24, 2.45) is 5.92 Å². The van der Waals surface area contributed by atoms with Crippen LogP contribution in [0.25, 0.3) is 0 Å². The van der Waals surface area contributed by atoms with Crippen molar-refractivity contribution in [1.82, 2.24) is 0 Å². The number of carboxylic acids is 1. The monoisotopic (exact) mass is 386 g/mol. The van der Waals surface area contributed by atoms with E-state index >= 15 is 0 Å². The average Bonchev–Trinajstić information content (AvgIpc) is 2.59. The number of carboxylic acid groups (broad SMARTS) is 1. The topological polar surface area (TPSA) is 54.4 Å². The molecular weight excluding hydrogens is 344 g/mol. The van der Waals surface area contributed by atoms with Crippen LogP contribution in [0.1, 0.15) is 122 Å². The van der Waals surface area contributed by atoms with E-state index in [9.17, 15) is 9.59 Å². The van der Waals surface area contributed by atoms with Gasteiger partial charge in [0, 0.05) is 6.42 Å². The zero-order valence-corrected chi connectivity index (χ0v) is 17.9. The highest BCUT2D eigenvalue weighted by atomic mass is 32.1. The first-order valence-electron chi connectivity index (χ1n) is 11.0. The molecule has 0 fully saturated rings. The van der Waals surface area contributed by atoms with E-state index in [4.69, 9.17) is 5.11 Å². The predicted molar refractivity (Wildman–Crippen MR) is 114 cm³/mol. The summed E-state index contributed by atoms with van der Waals surface area (Å²) in [5, 5.41) is 8.74. The van der Waals surface area contributed by atoms with Gasteiger partial charge in [0.1, 0.15) is 0 Å². The summed E-state index contributed by atoms with van der Waals surface area (Å²) in [5.74, 6) is -1.42. The predicted octanol–water partition coefficient (Wildman–Crippen LogP) is 7.19. The molecule has 0 aromatic rings. The molecule has 154 valence electrons. The fourth-order valence-corrected chi connectivity index (χ4v) is 3.68. The Bertz CT molecular complexity index is 344. The SMILES string of the molecule is CCCCCCCCCCCCCCCCCCC(CC(=O)S)C(=O)O. The molecule has 0 bridgehead atoms. The Hall–Kier alpha value is -0.510. The second-order valence-corrected chi connectivity index (χ2v) is 8.22. The fraction of sp³-hybridized carbons (Fsp3) is 0.909. The third-order valence-electron chi connectivity index (χ3n) is 5.18. The van der Waals surface area contributed by atoms with E-state index in [1.165, 1.54) is 89.9 Å². The Labute approximate surface area is 167 Å². The number of unbranched alkanes of at least 4 members (excludes halogenated alkanes) is 15. The van der Waals surface area contributed by atoms with Crippen molar-refractivity contribution in [3.63, 3.8) is 0 Å². The summed E-state index contributed by atoms with van der Waals surface area (Å²) >= 11 is 3.68. The van der Waals surface area contributed by atoms with Crippen molar-refractivity contribution in [3.05, 3.63) is 0 Å². The first-order chi connectivity index (χ1) is 12.6. The van der Waals surface area contributed by atoms with E-state index in [-0.39, 0.29) is 11.5 Å². The molecule has 0 rings (SSSR count). The summed E-state index contributed by atoms with van der Waals surface area (Å²) in [4.78, 5) is 22.0. The molecule has 1 atom stereocenters. The van der Waals surface area contributed by atoms with Gasteiger partial charge in [-0.1, -0.05) is 110 Å². The number of carbonyl (C=O) groups is 2. The van der Waals surface area contributed by atoms with Gasteiger partial charge in [-0.3, -0.25) is 9.59 Å². The Morgan fingerprint density at radius 3 is 1.35 bits per heavy atom. The Morgan fingerprint density at radius 1 is 0.692 bits per heavy atom. The van der Waals surface area contributed by atoms with Crippen LogP contribution in [0.5, 0.6) is 0 Å². The average molecular weight is 387 g/mol. The highest BCUT2D eigenvalue weighted by molar-refractivity contribution is 7.96. The van der Waals surface area contributed by atoms with Crippen molar-refractivity contribution in [3.8, 4) is 0 Å². The zero-order valence-electron chi connectivity index (χ0n) is 17.0. The second kappa shape index (κ2) is 19.3. The van der Waals surface area contributed by atoms with Crippen LogP contribution >= 0.6 is 12.6 Å². The summed E-state index contributed by atoms with van der Waals surface area (Å²) in [5.41, 5.74) is 0. The van der Waals surface area contributed by atoms with Crippen LogP contribution in [0, 0.1) is 5.92 Å². The summed E-state index contributed by atoms with van der Waals surface area (Å²) in [6.45, 7) is 2.27. The second-order valence-electron chi connectivity index (χ2n) is 7.72. The lowest BCUT2D eigenvalue weighted by molar-refractivity contribution is -0.143. The van der Waals surface area contributed by atoms with Crippen molar-refractivity contribution in [1.29, 1.82) is 0 Å². The van der Waals surface area contributed by atoms with Crippen LogP contribution in [0.15, 0.2) is 0 Å². The van der Waals surface area contributed by atoms with Crippen molar-refractivity contribution < 1.29 is 14.7 Å². The number of hydrogen-bond acceptors (Lipinski definition) is 2. The fourth-order valence-electron chi connectivity index (χ4n) is 3.46. The van der Waals surface area contributed by atoms with Crippen LogP contribution < -0.4 is 0 Å². The molecule has 4 heteroatoms.